The monoisotopic (exact) mass is 273 g/mol. The Hall–Kier alpha value is -0.680. The zero-order chi connectivity index (χ0) is 13.2. The molecule has 1 saturated heterocycles. The van der Waals surface area contributed by atoms with Crippen molar-refractivity contribution in [3.05, 3.63) is 34.6 Å². The molecule has 1 atom stereocenters. The van der Waals surface area contributed by atoms with Crippen molar-refractivity contribution in [3.63, 3.8) is 0 Å². The van der Waals surface area contributed by atoms with Crippen LogP contribution in [0.4, 0.5) is 4.39 Å². The molecule has 0 spiro atoms. The number of aliphatic hydroxyl groups is 1. The first kappa shape index (κ1) is 13.7. The van der Waals surface area contributed by atoms with E-state index in [0.29, 0.717) is 26.1 Å². The zero-order valence-electron chi connectivity index (χ0n) is 10.0. The van der Waals surface area contributed by atoms with E-state index in [0.717, 1.165) is 0 Å². The predicted octanol–water partition coefficient (Wildman–Crippen LogP) is 2.27. The number of nitrogens with two attached hydrogens (primary N) is 1. The molecule has 0 radical (unpaired) electrons. The van der Waals surface area contributed by atoms with E-state index in [2.05, 4.69) is 0 Å². The molecule has 1 fully saturated rings. The van der Waals surface area contributed by atoms with Crippen molar-refractivity contribution in [2.24, 2.45) is 11.1 Å². The van der Waals surface area contributed by atoms with E-state index >= 15 is 0 Å². The molecular formula is C13H17ClFNO2. The van der Waals surface area contributed by atoms with Crippen molar-refractivity contribution in [2.75, 3.05) is 19.8 Å². The van der Waals surface area contributed by atoms with Gasteiger partial charge in [0.15, 0.2) is 0 Å². The van der Waals surface area contributed by atoms with Crippen LogP contribution in [0.3, 0.4) is 0 Å². The second kappa shape index (κ2) is 5.53. The topological polar surface area (TPSA) is 55.5 Å². The maximum atomic E-state index is 13.8. The van der Waals surface area contributed by atoms with Gasteiger partial charge >= 0.3 is 0 Å². The van der Waals surface area contributed by atoms with Gasteiger partial charge in [-0.15, -0.1) is 0 Å². The van der Waals surface area contributed by atoms with E-state index in [4.69, 9.17) is 22.1 Å². The van der Waals surface area contributed by atoms with Crippen molar-refractivity contribution >= 4 is 11.6 Å². The van der Waals surface area contributed by atoms with Crippen LogP contribution >= 0.6 is 11.6 Å². The molecule has 3 N–H and O–H groups in total. The molecule has 1 unspecified atom stereocenters. The Morgan fingerprint density at radius 2 is 2.11 bits per heavy atom. The third-order valence-electron chi connectivity index (χ3n) is 3.75. The smallest absolute Gasteiger partial charge is 0.130 e. The summed E-state index contributed by atoms with van der Waals surface area (Å²) < 4.78 is 19.1. The first-order valence-electron chi connectivity index (χ1n) is 6.00. The van der Waals surface area contributed by atoms with E-state index in [-0.39, 0.29) is 17.1 Å². The second-order valence-electron chi connectivity index (χ2n) is 4.72. The van der Waals surface area contributed by atoms with E-state index in [1.54, 1.807) is 6.07 Å². The lowest BCUT2D eigenvalue weighted by atomic mass is 9.73. The van der Waals surface area contributed by atoms with Crippen LogP contribution in [0.5, 0.6) is 0 Å². The Morgan fingerprint density at radius 3 is 2.67 bits per heavy atom. The quantitative estimate of drug-likeness (QED) is 0.888. The average molecular weight is 274 g/mol. The molecule has 1 aromatic rings. The third kappa shape index (κ3) is 2.38. The molecular weight excluding hydrogens is 257 g/mol. The summed E-state index contributed by atoms with van der Waals surface area (Å²) >= 11 is 5.99. The zero-order valence-corrected chi connectivity index (χ0v) is 10.8. The fourth-order valence-electron chi connectivity index (χ4n) is 2.45. The summed E-state index contributed by atoms with van der Waals surface area (Å²) in [5.41, 5.74) is 5.39. The Bertz CT molecular complexity index is 401. The number of halogens is 2. The Kier molecular flexibility index (Phi) is 4.22. The summed E-state index contributed by atoms with van der Waals surface area (Å²) in [4.78, 5) is 0. The molecule has 1 aliphatic rings. The summed E-state index contributed by atoms with van der Waals surface area (Å²) in [6.07, 6.45) is 0.213. The predicted molar refractivity (Wildman–Crippen MR) is 67.9 cm³/mol. The minimum atomic E-state index is -1.000. The van der Waals surface area contributed by atoms with Gasteiger partial charge in [0.25, 0.3) is 0 Å². The SMILES string of the molecule is NCC1(C(O)c2c(F)cccc2Cl)CCOCC1. The molecule has 0 aliphatic carbocycles. The van der Waals surface area contributed by atoms with Crippen LogP contribution in [0, 0.1) is 11.2 Å². The molecule has 0 aromatic heterocycles. The van der Waals surface area contributed by atoms with E-state index in [1.807, 2.05) is 0 Å². The molecule has 5 heteroatoms. The molecule has 100 valence electrons. The lowest BCUT2D eigenvalue weighted by Gasteiger charge is -2.40. The highest BCUT2D eigenvalue weighted by molar-refractivity contribution is 6.31. The van der Waals surface area contributed by atoms with Crippen molar-refractivity contribution in [1.82, 2.24) is 0 Å². The first-order valence-corrected chi connectivity index (χ1v) is 6.38. The highest BCUT2D eigenvalue weighted by Crippen LogP contribution is 2.44. The van der Waals surface area contributed by atoms with Crippen LogP contribution in [0.1, 0.15) is 24.5 Å². The average Bonchev–Trinajstić information content (AvgIpc) is 2.39. The number of hydrogen-bond donors (Lipinski definition) is 2. The fraction of sp³-hybridized carbons (Fsp3) is 0.538. The molecule has 0 bridgehead atoms. The molecule has 1 aromatic carbocycles. The maximum absolute atomic E-state index is 13.8. The molecule has 3 nitrogen and oxygen atoms in total. The summed E-state index contributed by atoms with van der Waals surface area (Å²) in [5, 5.41) is 10.7. The summed E-state index contributed by atoms with van der Waals surface area (Å²) in [5.74, 6) is -0.491. The first-order chi connectivity index (χ1) is 8.60. The van der Waals surface area contributed by atoms with E-state index < -0.39 is 17.3 Å². The Labute approximate surface area is 111 Å². The van der Waals surface area contributed by atoms with Crippen LogP contribution in [0.2, 0.25) is 5.02 Å². The molecule has 0 saturated carbocycles. The number of benzene rings is 1. The van der Waals surface area contributed by atoms with Gasteiger partial charge in [0, 0.05) is 35.8 Å². The molecule has 1 heterocycles. The minimum absolute atomic E-state index is 0.145. The number of rotatable bonds is 3. The van der Waals surface area contributed by atoms with E-state index in [1.165, 1.54) is 12.1 Å². The van der Waals surface area contributed by atoms with Crippen LogP contribution in [-0.4, -0.2) is 24.9 Å². The van der Waals surface area contributed by atoms with Gasteiger partial charge in [0.05, 0.1) is 6.10 Å². The Balaban J connectivity index is 2.36. The number of aliphatic hydroxyl groups excluding tert-OH is 1. The third-order valence-corrected chi connectivity index (χ3v) is 4.08. The van der Waals surface area contributed by atoms with Crippen LogP contribution < -0.4 is 5.73 Å². The highest BCUT2D eigenvalue weighted by atomic mass is 35.5. The van der Waals surface area contributed by atoms with Crippen LogP contribution in [-0.2, 0) is 4.74 Å². The van der Waals surface area contributed by atoms with Crippen LogP contribution in [0.15, 0.2) is 18.2 Å². The van der Waals surface area contributed by atoms with Crippen LogP contribution in [0.25, 0.3) is 0 Å². The normalized spacial score (nSPS) is 20.7. The minimum Gasteiger partial charge on any atom is -0.388 e. The summed E-state index contributed by atoms with van der Waals surface area (Å²) in [6, 6.07) is 4.40. The van der Waals surface area contributed by atoms with Gasteiger partial charge in [0.2, 0.25) is 0 Å². The summed E-state index contributed by atoms with van der Waals surface area (Å²) in [7, 11) is 0. The molecule has 1 aliphatic heterocycles. The lowest BCUT2D eigenvalue weighted by Crippen LogP contribution is -2.42. The maximum Gasteiger partial charge on any atom is 0.130 e. The number of ether oxygens (including phenoxy) is 1. The lowest BCUT2D eigenvalue weighted by molar-refractivity contribution is -0.0593. The van der Waals surface area contributed by atoms with Gasteiger partial charge in [0.1, 0.15) is 5.82 Å². The highest BCUT2D eigenvalue weighted by Gasteiger charge is 2.41. The molecule has 18 heavy (non-hydrogen) atoms. The van der Waals surface area contributed by atoms with Crippen molar-refractivity contribution in [3.8, 4) is 0 Å². The van der Waals surface area contributed by atoms with E-state index in [9.17, 15) is 9.50 Å². The van der Waals surface area contributed by atoms with Gasteiger partial charge < -0.3 is 15.6 Å². The molecule has 2 rings (SSSR count). The molecule has 0 amide bonds. The van der Waals surface area contributed by atoms with Crippen molar-refractivity contribution in [2.45, 2.75) is 18.9 Å². The standard InChI is InChI=1S/C13H17ClFNO2/c14-9-2-1-3-10(15)11(9)12(17)13(8-16)4-6-18-7-5-13/h1-3,12,17H,4-8,16H2. The number of hydrogen-bond acceptors (Lipinski definition) is 3. The Morgan fingerprint density at radius 1 is 1.44 bits per heavy atom. The van der Waals surface area contributed by atoms with Crippen molar-refractivity contribution < 1.29 is 14.2 Å². The van der Waals surface area contributed by atoms with Gasteiger partial charge in [-0.05, 0) is 25.0 Å². The second-order valence-corrected chi connectivity index (χ2v) is 5.12. The van der Waals surface area contributed by atoms with Gasteiger partial charge in [-0.1, -0.05) is 17.7 Å². The largest absolute Gasteiger partial charge is 0.388 e. The van der Waals surface area contributed by atoms with Crippen molar-refractivity contribution in [1.29, 1.82) is 0 Å². The van der Waals surface area contributed by atoms with Gasteiger partial charge in [-0.2, -0.15) is 0 Å². The summed E-state index contributed by atoms with van der Waals surface area (Å²) in [6.45, 7) is 1.34. The van der Waals surface area contributed by atoms with Gasteiger partial charge in [-0.25, -0.2) is 4.39 Å². The van der Waals surface area contributed by atoms with Gasteiger partial charge in [-0.3, -0.25) is 0 Å². The fourth-order valence-corrected chi connectivity index (χ4v) is 2.71.